The Morgan fingerprint density at radius 1 is 1.03 bits per heavy atom. The minimum Gasteiger partial charge on any atom is -0.323 e. The van der Waals surface area contributed by atoms with Crippen LogP contribution in [-0.2, 0) is 17.8 Å². The van der Waals surface area contributed by atoms with E-state index < -0.39 is 5.54 Å². The Labute approximate surface area is 172 Å². The van der Waals surface area contributed by atoms with E-state index in [0.29, 0.717) is 6.42 Å². The third-order valence-electron chi connectivity index (χ3n) is 6.47. The summed E-state index contributed by atoms with van der Waals surface area (Å²) in [6.07, 6.45) is 2.32. The number of hydrogen-bond acceptors (Lipinski definition) is 3. The molecule has 2 N–H and O–H groups in total. The fourth-order valence-corrected chi connectivity index (χ4v) is 4.83. The Morgan fingerprint density at radius 2 is 1.76 bits per heavy atom. The van der Waals surface area contributed by atoms with Crippen LogP contribution in [0.5, 0.6) is 0 Å². The van der Waals surface area contributed by atoms with Gasteiger partial charge in [-0.3, -0.25) is 15.0 Å². The maximum atomic E-state index is 12.9. The summed E-state index contributed by atoms with van der Waals surface area (Å²) in [7, 11) is 0. The molecule has 0 radical (unpaired) electrons. The Hall–Kier alpha value is -2.66. The normalized spacial score (nSPS) is 23.1. The molecule has 0 bridgehead atoms. The van der Waals surface area contributed by atoms with Gasteiger partial charge < -0.3 is 5.32 Å². The van der Waals surface area contributed by atoms with Crippen LogP contribution in [0.2, 0.25) is 0 Å². The molecule has 0 aromatic heterocycles. The van der Waals surface area contributed by atoms with E-state index in [4.69, 9.17) is 0 Å². The lowest BCUT2D eigenvalue weighted by molar-refractivity contribution is -0.126. The fraction of sp³-hybridized carbons (Fsp3) is 0.417. The molecule has 0 aliphatic carbocycles. The van der Waals surface area contributed by atoms with Gasteiger partial charge in [0, 0.05) is 13.0 Å². The van der Waals surface area contributed by atoms with Gasteiger partial charge in [0.05, 0.1) is 0 Å². The Morgan fingerprint density at radius 3 is 2.38 bits per heavy atom. The number of carbonyl (C=O) groups is 2. The molecule has 2 fully saturated rings. The molecule has 5 heteroatoms. The van der Waals surface area contributed by atoms with Crippen molar-refractivity contribution in [2.75, 3.05) is 13.1 Å². The molecule has 0 saturated carbocycles. The van der Waals surface area contributed by atoms with E-state index in [2.05, 4.69) is 47.6 Å². The van der Waals surface area contributed by atoms with Crippen LogP contribution in [-0.4, -0.2) is 35.5 Å². The van der Waals surface area contributed by atoms with Crippen molar-refractivity contribution in [2.45, 2.75) is 45.2 Å². The molecule has 1 atom stereocenters. The fourth-order valence-electron chi connectivity index (χ4n) is 4.83. The minimum atomic E-state index is -0.843. The monoisotopic (exact) mass is 391 g/mol. The highest BCUT2D eigenvalue weighted by atomic mass is 16.2. The summed E-state index contributed by atoms with van der Waals surface area (Å²) in [5, 5.41) is 5.48. The zero-order chi connectivity index (χ0) is 20.4. The lowest BCUT2D eigenvalue weighted by atomic mass is 9.74. The lowest BCUT2D eigenvalue weighted by Crippen LogP contribution is -2.57. The van der Waals surface area contributed by atoms with E-state index in [1.165, 1.54) is 16.7 Å². The average molecular weight is 392 g/mol. The Kier molecular flexibility index (Phi) is 5.41. The van der Waals surface area contributed by atoms with E-state index in [9.17, 15) is 9.59 Å². The molecule has 2 saturated heterocycles. The second kappa shape index (κ2) is 7.99. The number of nitrogens with zero attached hydrogens (tertiary/aromatic N) is 1. The topological polar surface area (TPSA) is 61.4 Å². The number of likely N-dealkylation sites (tertiary alicyclic amines) is 1. The number of aryl methyl sites for hydroxylation is 2. The van der Waals surface area contributed by atoms with Crippen LogP contribution in [0.3, 0.4) is 0 Å². The average Bonchev–Trinajstić information content (AvgIpc) is 2.99. The Bertz CT molecular complexity index is 904. The van der Waals surface area contributed by atoms with Gasteiger partial charge in [-0.2, -0.15) is 0 Å². The summed E-state index contributed by atoms with van der Waals surface area (Å²) in [6.45, 7) is 7.08. The minimum absolute atomic E-state index is 0.129. The van der Waals surface area contributed by atoms with Crippen molar-refractivity contribution in [2.24, 2.45) is 5.92 Å². The molecule has 5 nitrogen and oxygen atoms in total. The predicted octanol–water partition coefficient (Wildman–Crippen LogP) is 3.34. The van der Waals surface area contributed by atoms with Gasteiger partial charge in [-0.1, -0.05) is 54.1 Å². The van der Waals surface area contributed by atoms with E-state index in [-0.39, 0.29) is 17.9 Å². The van der Waals surface area contributed by atoms with Crippen LogP contribution in [0.15, 0.2) is 48.5 Å². The van der Waals surface area contributed by atoms with E-state index in [0.717, 1.165) is 38.0 Å². The number of rotatable bonds is 5. The number of benzene rings is 2. The van der Waals surface area contributed by atoms with Gasteiger partial charge in [0.25, 0.3) is 5.91 Å². The number of urea groups is 1. The SMILES string of the molecule is Cc1ccc(CN2CCC(C3(Cc4ccccc4)NC(=O)NC3=O)CC2)c(C)c1. The summed E-state index contributed by atoms with van der Waals surface area (Å²) in [6, 6.07) is 16.2. The predicted molar refractivity (Wildman–Crippen MR) is 113 cm³/mol. The van der Waals surface area contributed by atoms with Crippen molar-refractivity contribution in [1.29, 1.82) is 0 Å². The molecule has 2 aliphatic heterocycles. The van der Waals surface area contributed by atoms with Gasteiger partial charge in [-0.05, 0) is 62.4 Å². The first-order chi connectivity index (χ1) is 14.0. The van der Waals surface area contributed by atoms with E-state index in [1.54, 1.807) is 0 Å². The van der Waals surface area contributed by atoms with Gasteiger partial charge in [0.1, 0.15) is 5.54 Å². The smallest absolute Gasteiger partial charge is 0.322 e. The summed E-state index contributed by atoms with van der Waals surface area (Å²) in [5.74, 6) is -0.0521. The van der Waals surface area contributed by atoms with Crippen molar-refractivity contribution >= 4 is 11.9 Å². The Balaban J connectivity index is 1.47. The highest BCUT2D eigenvalue weighted by Gasteiger charge is 2.52. The molecule has 1 unspecified atom stereocenters. The van der Waals surface area contributed by atoms with Crippen molar-refractivity contribution < 1.29 is 9.59 Å². The second-order valence-electron chi connectivity index (χ2n) is 8.52. The summed E-state index contributed by atoms with van der Waals surface area (Å²) < 4.78 is 0. The van der Waals surface area contributed by atoms with Crippen molar-refractivity contribution in [1.82, 2.24) is 15.5 Å². The van der Waals surface area contributed by atoms with E-state index >= 15 is 0 Å². The van der Waals surface area contributed by atoms with E-state index in [1.807, 2.05) is 30.3 Å². The van der Waals surface area contributed by atoms with Gasteiger partial charge >= 0.3 is 6.03 Å². The molecular formula is C24H29N3O2. The number of piperidine rings is 1. The van der Waals surface area contributed by atoms with Gasteiger partial charge in [-0.25, -0.2) is 4.79 Å². The van der Waals surface area contributed by atoms with Crippen LogP contribution in [0.25, 0.3) is 0 Å². The van der Waals surface area contributed by atoms with Gasteiger partial charge in [0.2, 0.25) is 0 Å². The van der Waals surface area contributed by atoms with Crippen LogP contribution in [0.4, 0.5) is 4.79 Å². The number of amides is 3. The molecule has 3 amide bonds. The van der Waals surface area contributed by atoms with Crippen molar-refractivity contribution in [3.05, 3.63) is 70.8 Å². The molecule has 4 rings (SSSR count). The molecule has 29 heavy (non-hydrogen) atoms. The molecular weight excluding hydrogens is 362 g/mol. The number of nitrogens with one attached hydrogen (secondary N) is 2. The number of carbonyl (C=O) groups excluding carboxylic acids is 2. The molecule has 0 spiro atoms. The zero-order valence-electron chi connectivity index (χ0n) is 17.2. The summed E-state index contributed by atoms with van der Waals surface area (Å²) in [4.78, 5) is 27.3. The second-order valence-corrected chi connectivity index (χ2v) is 8.52. The van der Waals surface area contributed by atoms with Crippen molar-refractivity contribution in [3.63, 3.8) is 0 Å². The summed E-state index contributed by atoms with van der Waals surface area (Å²) >= 11 is 0. The maximum Gasteiger partial charge on any atom is 0.322 e. The molecule has 152 valence electrons. The highest BCUT2D eigenvalue weighted by Crippen LogP contribution is 2.34. The molecule has 2 aromatic rings. The van der Waals surface area contributed by atoms with Crippen LogP contribution < -0.4 is 10.6 Å². The first-order valence-corrected chi connectivity index (χ1v) is 10.4. The third kappa shape index (κ3) is 4.06. The lowest BCUT2D eigenvalue weighted by Gasteiger charge is -2.41. The largest absolute Gasteiger partial charge is 0.323 e. The number of hydrogen-bond donors (Lipinski definition) is 2. The van der Waals surface area contributed by atoms with Crippen LogP contribution in [0, 0.1) is 19.8 Å². The highest BCUT2D eigenvalue weighted by molar-refractivity contribution is 6.07. The molecule has 2 heterocycles. The maximum absolute atomic E-state index is 12.9. The standard InChI is InChI=1S/C24H29N3O2/c1-17-8-9-20(18(2)14-17)16-27-12-10-21(11-13-27)24(22(28)25-23(29)26-24)15-19-6-4-3-5-7-19/h3-9,14,21H,10-13,15-16H2,1-2H3,(H2,25,26,28,29). The summed E-state index contributed by atoms with van der Waals surface area (Å²) in [5.41, 5.74) is 4.21. The first-order valence-electron chi connectivity index (χ1n) is 10.4. The first kappa shape index (κ1) is 19.6. The zero-order valence-corrected chi connectivity index (χ0v) is 17.2. The molecule has 2 aromatic carbocycles. The molecule has 2 aliphatic rings. The number of imide groups is 1. The quantitative estimate of drug-likeness (QED) is 0.769. The van der Waals surface area contributed by atoms with Gasteiger partial charge in [0.15, 0.2) is 0 Å². The van der Waals surface area contributed by atoms with Crippen molar-refractivity contribution in [3.8, 4) is 0 Å². The van der Waals surface area contributed by atoms with Gasteiger partial charge in [-0.15, -0.1) is 0 Å². The van der Waals surface area contributed by atoms with Crippen LogP contribution >= 0.6 is 0 Å². The van der Waals surface area contributed by atoms with Crippen LogP contribution in [0.1, 0.15) is 35.1 Å². The third-order valence-corrected chi connectivity index (χ3v) is 6.47.